The fourth-order valence-corrected chi connectivity index (χ4v) is 2.38. The zero-order chi connectivity index (χ0) is 11.8. The molecular formula is C10H11Cl3O2. The third kappa shape index (κ3) is 2.90. The van der Waals surface area contributed by atoms with Crippen LogP contribution in [0.5, 0.6) is 0 Å². The molecule has 1 aliphatic rings. The molecule has 5 heteroatoms. The van der Waals surface area contributed by atoms with E-state index >= 15 is 0 Å². The van der Waals surface area contributed by atoms with Gasteiger partial charge in [0.2, 0.25) is 0 Å². The first-order chi connectivity index (χ1) is 6.76. The number of carboxylic acids is 1. The molecule has 1 rings (SSSR count). The molecule has 0 amide bonds. The Morgan fingerprint density at radius 2 is 1.87 bits per heavy atom. The summed E-state index contributed by atoms with van der Waals surface area (Å²) in [6.45, 7) is 3.78. The van der Waals surface area contributed by atoms with Crippen LogP contribution in [0.3, 0.4) is 0 Å². The minimum absolute atomic E-state index is 0.0570. The molecule has 0 bridgehead atoms. The van der Waals surface area contributed by atoms with E-state index in [9.17, 15) is 4.79 Å². The number of allylic oxidation sites excluding steroid dienone is 3. The molecule has 1 aliphatic carbocycles. The first-order valence-electron chi connectivity index (χ1n) is 4.39. The lowest BCUT2D eigenvalue weighted by Gasteiger charge is -1.96. The van der Waals surface area contributed by atoms with Gasteiger partial charge in [-0.25, -0.2) is 0 Å². The summed E-state index contributed by atoms with van der Waals surface area (Å²) in [6, 6.07) is 0. The Morgan fingerprint density at radius 1 is 1.33 bits per heavy atom. The maximum absolute atomic E-state index is 10.9. The van der Waals surface area contributed by atoms with E-state index in [-0.39, 0.29) is 21.7 Å². The second-order valence-corrected chi connectivity index (χ2v) is 5.59. The van der Waals surface area contributed by atoms with E-state index in [0.717, 1.165) is 0 Å². The number of carbonyl (C=O) groups is 1. The standard InChI is InChI=1S/C10H11Cl3O2/c1-10(2)6(8(10)9(14)15)3-5(11)4-7(12)13/h3-4,6,8H,1-2H3,(H,14,15)/t6-,8+/m1/s1. The number of aliphatic carboxylic acids is 1. The lowest BCUT2D eigenvalue weighted by Crippen LogP contribution is -2.02. The summed E-state index contributed by atoms with van der Waals surface area (Å²) in [5, 5.41) is 9.29. The van der Waals surface area contributed by atoms with Crippen molar-refractivity contribution in [1.82, 2.24) is 0 Å². The van der Waals surface area contributed by atoms with Gasteiger partial charge < -0.3 is 5.11 Å². The van der Waals surface area contributed by atoms with Crippen molar-refractivity contribution < 1.29 is 9.90 Å². The number of hydrogen-bond donors (Lipinski definition) is 1. The van der Waals surface area contributed by atoms with Gasteiger partial charge in [0.1, 0.15) is 4.49 Å². The van der Waals surface area contributed by atoms with Gasteiger partial charge in [0.05, 0.1) is 5.92 Å². The van der Waals surface area contributed by atoms with Gasteiger partial charge in [0, 0.05) is 5.03 Å². The average Bonchev–Trinajstić information content (AvgIpc) is 2.50. The van der Waals surface area contributed by atoms with Gasteiger partial charge in [-0.15, -0.1) is 0 Å². The van der Waals surface area contributed by atoms with Crippen LogP contribution < -0.4 is 0 Å². The quantitative estimate of drug-likeness (QED) is 0.792. The molecule has 0 aromatic heterocycles. The predicted octanol–water partition coefficient (Wildman–Crippen LogP) is 3.78. The summed E-state index contributed by atoms with van der Waals surface area (Å²) in [4.78, 5) is 10.9. The molecule has 2 nitrogen and oxygen atoms in total. The van der Waals surface area contributed by atoms with E-state index in [1.54, 1.807) is 6.08 Å². The molecule has 0 radical (unpaired) electrons. The normalized spacial score (nSPS) is 28.5. The Balaban J connectivity index is 2.78. The van der Waals surface area contributed by atoms with Crippen LogP contribution in [0.25, 0.3) is 0 Å². The van der Waals surface area contributed by atoms with Gasteiger partial charge in [0.15, 0.2) is 0 Å². The summed E-state index contributed by atoms with van der Waals surface area (Å²) < 4.78 is 0.0570. The second kappa shape index (κ2) is 4.36. The largest absolute Gasteiger partial charge is 0.481 e. The molecule has 0 saturated heterocycles. The molecule has 15 heavy (non-hydrogen) atoms. The van der Waals surface area contributed by atoms with E-state index in [1.165, 1.54) is 6.08 Å². The van der Waals surface area contributed by atoms with Gasteiger partial charge in [-0.1, -0.05) is 54.7 Å². The molecule has 84 valence electrons. The molecule has 0 unspecified atom stereocenters. The van der Waals surface area contributed by atoms with Gasteiger partial charge in [-0.2, -0.15) is 0 Å². The van der Waals surface area contributed by atoms with Crippen LogP contribution in [0.15, 0.2) is 21.7 Å². The minimum atomic E-state index is -0.799. The van der Waals surface area contributed by atoms with Crippen molar-refractivity contribution in [3.8, 4) is 0 Å². The molecule has 0 aromatic carbocycles. The summed E-state index contributed by atoms with van der Waals surface area (Å²) in [7, 11) is 0. The summed E-state index contributed by atoms with van der Waals surface area (Å²) in [6.07, 6.45) is 3.07. The average molecular weight is 270 g/mol. The second-order valence-electron chi connectivity index (χ2n) is 4.15. The first-order valence-corrected chi connectivity index (χ1v) is 5.53. The van der Waals surface area contributed by atoms with Crippen LogP contribution in [0, 0.1) is 17.3 Å². The SMILES string of the molecule is CC1(C)[C@H](C=C(Cl)C=C(Cl)Cl)[C@H]1C(=O)O. The highest BCUT2D eigenvalue weighted by Gasteiger charge is 2.60. The molecule has 1 fully saturated rings. The molecule has 0 heterocycles. The lowest BCUT2D eigenvalue weighted by molar-refractivity contribution is -0.139. The van der Waals surface area contributed by atoms with Crippen LogP contribution >= 0.6 is 34.8 Å². The van der Waals surface area contributed by atoms with E-state index in [4.69, 9.17) is 39.9 Å². The van der Waals surface area contributed by atoms with Crippen LogP contribution in [0.1, 0.15) is 13.8 Å². The number of halogens is 3. The van der Waals surface area contributed by atoms with Crippen molar-refractivity contribution in [2.75, 3.05) is 0 Å². The van der Waals surface area contributed by atoms with Crippen LogP contribution in [0.2, 0.25) is 0 Å². The van der Waals surface area contributed by atoms with Crippen LogP contribution in [-0.4, -0.2) is 11.1 Å². The van der Waals surface area contributed by atoms with Gasteiger partial charge >= 0.3 is 5.97 Å². The first kappa shape index (κ1) is 12.9. The molecule has 1 saturated carbocycles. The number of carboxylic acid groups (broad SMARTS) is 1. The van der Waals surface area contributed by atoms with Crippen LogP contribution in [0.4, 0.5) is 0 Å². The van der Waals surface area contributed by atoms with Gasteiger partial charge in [0.25, 0.3) is 0 Å². The Kier molecular flexibility index (Phi) is 3.75. The zero-order valence-electron chi connectivity index (χ0n) is 8.30. The van der Waals surface area contributed by atoms with Crippen molar-refractivity contribution in [1.29, 1.82) is 0 Å². The summed E-state index contributed by atoms with van der Waals surface area (Å²) in [5.41, 5.74) is -0.251. The third-order valence-electron chi connectivity index (χ3n) is 2.76. The maximum Gasteiger partial charge on any atom is 0.307 e. The zero-order valence-corrected chi connectivity index (χ0v) is 10.6. The fraction of sp³-hybridized carbons (Fsp3) is 0.500. The van der Waals surface area contributed by atoms with Crippen LogP contribution in [-0.2, 0) is 4.79 Å². The van der Waals surface area contributed by atoms with E-state index in [2.05, 4.69) is 0 Å². The number of rotatable bonds is 3. The van der Waals surface area contributed by atoms with Crippen molar-refractivity contribution in [3.05, 3.63) is 21.7 Å². The Labute approximate surface area is 104 Å². The number of hydrogen-bond acceptors (Lipinski definition) is 1. The molecule has 0 spiro atoms. The third-order valence-corrected chi connectivity index (χ3v) is 3.22. The van der Waals surface area contributed by atoms with Crippen molar-refractivity contribution >= 4 is 40.8 Å². The molecule has 0 aromatic rings. The van der Waals surface area contributed by atoms with Gasteiger partial charge in [-0.3, -0.25) is 4.79 Å². The lowest BCUT2D eigenvalue weighted by atomic mass is 10.1. The highest BCUT2D eigenvalue weighted by molar-refractivity contribution is 6.56. The molecule has 0 aliphatic heterocycles. The predicted molar refractivity (Wildman–Crippen MR) is 62.1 cm³/mol. The summed E-state index contributed by atoms with van der Waals surface area (Å²) in [5.74, 6) is -1.24. The molecule has 1 N–H and O–H groups in total. The monoisotopic (exact) mass is 268 g/mol. The van der Waals surface area contributed by atoms with E-state index < -0.39 is 5.97 Å². The summed E-state index contributed by atoms with van der Waals surface area (Å²) >= 11 is 16.7. The van der Waals surface area contributed by atoms with Crippen molar-refractivity contribution in [2.24, 2.45) is 17.3 Å². The highest BCUT2D eigenvalue weighted by Crippen LogP contribution is 2.59. The fourth-order valence-electron chi connectivity index (χ4n) is 1.78. The highest BCUT2D eigenvalue weighted by atomic mass is 35.5. The van der Waals surface area contributed by atoms with Crippen molar-refractivity contribution in [2.45, 2.75) is 13.8 Å². The topological polar surface area (TPSA) is 37.3 Å². The maximum atomic E-state index is 10.9. The van der Waals surface area contributed by atoms with Crippen molar-refractivity contribution in [3.63, 3.8) is 0 Å². The minimum Gasteiger partial charge on any atom is -0.481 e. The van der Waals surface area contributed by atoms with E-state index in [0.29, 0.717) is 5.03 Å². The van der Waals surface area contributed by atoms with Gasteiger partial charge in [-0.05, 0) is 17.4 Å². The Morgan fingerprint density at radius 3 is 2.20 bits per heavy atom. The Bertz CT molecular complexity index is 341. The molecule has 2 atom stereocenters. The molecular weight excluding hydrogens is 258 g/mol. The Hall–Kier alpha value is -0.180. The smallest absolute Gasteiger partial charge is 0.307 e. The van der Waals surface area contributed by atoms with E-state index in [1.807, 2.05) is 13.8 Å².